The molecule has 0 fully saturated rings. The Labute approximate surface area is 179 Å². The fourth-order valence-electron chi connectivity index (χ4n) is 2.59. The molecule has 0 amide bonds. The first-order valence-electron chi connectivity index (χ1n) is 9.19. The molecule has 1 heterocycles. The lowest BCUT2D eigenvalue weighted by molar-refractivity contribution is 0.238. The second kappa shape index (κ2) is 12.7. The van der Waals surface area contributed by atoms with E-state index in [9.17, 15) is 0 Å². The van der Waals surface area contributed by atoms with Gasteiger partial charge in [0.05, 0.1) is 0 Å². The number of aromatic nitrogens is 3. The highest BCUT2D eigenvalue weighted by Gasteiger charge is 2.10. The van der Waals surface area contributed by atoms with Crippen LogP contribution in [0.1, 0.15) is 31.7 Å². The summed E-state index contributed by atoms with van der Waals surface area (Å²) >= 11 is 0. The van der Waals surface area contributed by atoms with Gasteiger partial charge in [-0.25, -0.2) is 4.99 Å². The van der Waals surface area contributed by atoms with Crippen LogP contribution in [-0.2, 0) is 20.1 Å². The van der Waals surface area contributed by atoms with E-state index in [1.165, 1.54) is 5.56 Å². The van der Waals surface area contributed by atoms with Crippen LogP contribution in [0.5, 0.6) is 0 Å². The Bertz CT molecular complexity index is 672. The van der Waals surface area contributed by atoms with E-state index >= 15 is 0 Å². The third-order valence-electron chi connectivity index (χ3n) is 4.41. The van der Waals surface area contributed by atoms with Crippen LogP contribution < -0.4 is 10.6 Å². The summed E-state index contributed by atoms with van der Waals surface area (Å²) < 4.78 is 1.88. The Morgan fingerprint density at radius 3 is 2.63 bits per heavy atom. The monoisotopic (exact) mass is 485 g/mol. The molecular weight excluding hydrogens is 453 g/mol. The predicted molar refractivity (Wildman–Crippen MR) is 121 cm³/mol. The molecule has 150 valence electrons. The molecule has 0 aliphatic carbocycles. The zero-order valence-corrected chi connectivity index (χ0v) is 19.1. The number of nitrogens with one attached hydrogen (secondary N) is 2. The van der Waals surface area contributed by atoms with Crippen LogP contribution in [0.2, 0.25) is 0 Å². The molecule has 1 aromatic carbocycles. The van der Waals surface area contributed by atoms with Crippen molar-refractivity contribution in [2.45, 2.75) is 39.4 Å². The van der Waals surface area contributed by atoms with Gasteiger partial charge in [-0.3, -0.25) is 4.90 Å². The third kappa shape index (κ3) is 8.25. The number of benzene rings is 1. The molecule has 2 N–H and O–H groups in total. The molecule has 0 bridgehead atoms. The first-order valence-corrected chi connectivity index (χ1v) is 9.19. The summed E-state index contributed by atoms with van der Waals surface area (Å²) in [4.78, 5) is 6.96. The summed E-state index contributed by atoms with van der Waals surface area (Å²) in [7, 11) is 4.10. The minimum atomic E-state index is 0. The van der Waals surface area contributed by atoms with Gasteiger partial charge in [0.1, 0.15) is 12.9 Å². The molecule has 1 atom stereocenters. The van der Waals surface area contributed by atoms with Crippen molar-refractivity contribution in [3.63, 3.8) is 0 Å². The van der Waals surface area contributed by atoms with E-state index < -0.39 is 0 Å². The van der Waals surface area contributed by atoms with E-state index in [0.29, 0.717) is 12.6 Å². The number of guanidine groups is 1. The number of hydrogen-bond acceptors (Lipinski definition) is 4. The van der Waals surface area contributed by atoms with Gasteiger partial charge < -0.3 is 15.2 Å². The van der Waals surface area contributed by atoms with Crippen molar-refractivity contribution in [3.8, 4) is 0 Å². The van der Waals surface area contributed by atoms with Crippen LogP contribution in [0.15, 0.2) is 41.7 Å². The fraction of sp³-hybridized carbons (Fsp3) is 0.526. The Hall–Kier alpha value is -1.68. The number of halogens is 1. The van der Waals surface area contributed by atoms with Crippen molar-refractivity contribution >= 4 is 29.9 Å². The lowest BCUT2D eigenvalue weighted by Gasteiger charge is -2.25. The van der Waals surface area contributed by atoms with Gasteiger partial charge in [0.15, 0.2) is 11.8 Å². The lowest BCUT2D eigenvalue weighted by atomic mass is 10.1. The maximum Gasteiger partial charge on any atom is 0.191 e. The third-order valence-corrected chi connectivity index (χ3v) is 4.41. The summed E-state index contributed by atoms with van der Waals surface area (Å²) in [5, 5.41) is 14.6. The number of hydrogen-bond donors (Lipinski definition) is 2. The van der Waals surface area contributed by atoms with Crippen molar-refractivity contribution in [1.82, 2.24) is 30.3 Å². The molecule has 27 heavy (non-hydrogen) atoms. The van der Waals surface area contributed by atoms with Gasteiger partial charge in [-0.2, -0.15) is 0 Å². The van der Waals surface area contributed by atoms with Crippen molar-refractivity contribution in [3.05, 3.63) is 48.0 Å². The van der Waals surface area contributed by atoms with E-state index in [2.05, 4.69) is 82.0 Å². The summed E-state index contributed by atoms with van der Waals surface area (Å²) in [6.45, 7) is 7.49. The molecular formula is C19H32IN7. The van der Waals surface area contributed by atoms with E-state index in [4.69, 9.17) is 0 Å². The molecule has 0 saturated heterocycles. The minimum Gasteiger partial charge on any atom is -0.357 e. The van der Waals surface area contributed by atoms with E-state index in [0.717, 1.165) is 37.8 Å². The van der Waals surface area contributed by atoms with Gasteiger partial charge in [0, 0.05) is 32.7 Å². The largest absolute Gasteiger partial charge is 0.357 e. The highest BCUT2D eigenvalue weighted by atomic mass is 127. The molecule has 7 nitrogen and oxygen atoms in total. The van der Waals surface area contributed by atoms with Gasteiger partial charge in [0.25, 0.3) is 0 Å². The topological polar surface area (TPSA) is 70.4 Å². The second-order valence-corrected chi connectivity index (χ2v) is 6.52. The maximum atomic E-state index is 4.58. The Morgan fingerprint density at radius 2 is 2.00 bits per heavy atom. The van der Waals surface area contributed by atoms with Crippen LogP contribution in [-0.4, -0.2) is 51.8 Å². The molecule has 2 aromatic rings. The SMILES string of the molecule is CCNC(=NCc1nncn1C)NCCC(C)N(C)Cc1ccccc1.I. The molecule has 0 saturated carbocycles. The minimum absolute atomic E-state index is 0. The standard InChI is InChI=1S/C19H31N7.HI/c1-5-20-19(22-13-18-24-23-15-26(18)4)21-12-11-16(2)25(3)14-17-9-7-6-8-10-17;/h6-10,15-16H,5,11-14H2,1-4H3,(H2,20,21,22);1H. The first-order chi connectivity index (χ1) is 12.6. The van der Waals surface area contributed by atoms with Gasteiger partial charge in [-0.1, -0.05) is 30.3 Å². The van der Waals surface area contributed by atoms with Crippen LogP contribution in [0.25, 0.3) is 0 Å². The quantitative estimate of drug-likeness (QED) is 0.325. The van der Waals surface area contributed by atoms with E-state index in [1.807, 2.05) is 11.6 Å². The average molecular weight is 485 g/mol. The van der Waals surface area contributed by atoms with E-state index in [1.54, 1.807) is 6.33 Å². The molecule has 8 heteroatoms. The van der Waals surface area contributed by atoms with Crippen LogP contribution in [0.3, 0.4) is 0 Å². The van der Waals surface area contributed by atoms with Gasteiger partial charge in [-0.15, -0.1) is 34.2 Å². The van der Waals surface area contributed by atoms with Crippen molar-refractivity contribution < 1.29 is 0 Å². The highest BCUT2D eigenvalue weighted by molar-refractivity contribution is 14.0. The zero-order chi connectivity index (χ0) is 18.8. The van der Waals surface area contributed by atoms with Gasteiger partial charge in [0.2, 0.25) is 0 Å². The van der Waals surface area contributed by atoms with E-state index in [-0.39, 0.29) is 24.0 Å². The summed E-state index contributed by atoms with van der Waals surface area (Å²) in [6, 6.07) is 11.1. The zero-order valence-electron chi connectivity index (χ0n) is 16.7. The smallest absolute Gasteiger partial charge is 0.191 e. The Balaban J connectivity index is 0.00000364. The number of rotatable bonds is 9. The molecule has 1 unspecified atom stereocenters. The molecule has 0 radical (unpaired) electrons. The molecule has 0 spiro atoms. The Kier molecular flexibility index (Phi) is 11.0. The van der Waals surface area contributed by atoms with Crippen molar-refractivity contribution in [2.75, 3.05) is 20.1 Å². The summed E-state index contributed by atoms with van der Waals surface area (Å²) in [5.41, 5.74) is 1.34. The summed E-state index contributed by atoms with van der Waals surface area (Å²) in [5.74, 6) is 1.66. The predicted octanol–water partition coefficient (Wildman–Crippen LogP) is 2.40. The maximum absolute atomic E-state index is 4.58. The molecule has 2 rings (SSSR count). The van der Waals surface area contributed by atoms with Gasteiger partial charge in [-0.05, 0) is 32.9 Å². The number of aliphatic imine (C=N–C) groups is 1. The van der Waals surface area contributed by atoms with Crippen molar-refractivity contribution in [2.24, 2.45) is 12.0 Å². The molecule has 0 aliphatic rings. The van der Waals surface area contributed by atoms with Crippen LogP contribution in [0.4, 0.5) is 0 Å². The number of aryl methyl sites for hydroxylation is 1. The molecule has 0 aliphatic heterocycles. The summed E-state index contributed by atoms with van der Waals surface area (Å²) in [6.07, 6.45) is 2.73. The number of nitrogens with zero attached hydrogens (tertiary/aromatic N) is 5. The lowest BCUT2D eigenvalue weighted by Crippen LogP contribution is -2.40. The van der Waals surface area contributed by atoms with Crippen LogP contribution >= 0.6 is 24.0 Å². The van der Waals surface area contributed by atoms with Gasteiger partial charge >= 0.3 is 0 Å². The highest BCUT2D eigenvalue weighted by Crippen LogP contribution is 2.07. The van der Waals surface area contributed by atoms with Crippen molar-refractivity contribution in [1.29, 1.82) is 0 Å². The Morgan fingerprint density at radius 1 is 1.26 bits per heavy atom. The second-order valence-electron chi connectivity index (χ2n) is 6.52. The average Bonchev–Trinajstić information content (AvgIpc) is 3.05. The normalized spacial score (nSPS) is 12.6. The molecule has 1 aromatic heterocycles. The first kappa shape index (κ1) is 23.4. The van der Waals surface area contributed by atoms with Crippen LogP contribution in [0, 0.1) is 0 Å². The fourth-order valence-corrected chi connectivity index (χ4v) is 2.59.